The van der Waals surface area contributed by atoms with Gasteiger partial charge in [-0.3, -0.25) is 9.89 Å². The van der Waals surface area contributed by atoms with Crippen molar-refractivity contribution in [3.8, 4) is 11.6 Å². The van der Waals surface area contributed by atoms with Gasteiger partial charge >= 0.3 is 0 Å². The number of aliphatic hydroxyl groups is 1. The molecule has 0 unspecified atom stereocenters. The van der Waals surface area contributed by atoms with Gasteiger partial charge in [0.15, 0.2) is 0 Å². The molecule has 1 aromatic heterocycles. The second kappa shape index (κ2) is 4.15. The molecule has 0 amide bonds. The second-order valence-electron chi connectivity index (χ2n) is 3.19. The minimum atomic E-state index is -0.504. The lowest BCUT2D eigenvalue weighted by Gasteiger charge is -2.06. The van der Waals surface area contributed by atoms with Gasteiger partial charge in [-0.15, -0.1) is 0 Å². The average molecular weight is 285 g/mol. The van der Waals surface area contributed by atoms with Crippen molar-refractivity contribution in [2.45, 2.75) is 6.61 Å². The van der Waals surface area contributed by atoms with Crippen LogP contribution in [0.1, 0.15) is 5.56 Å². The molecule has 0 saturated carbocycles. The Bertz CT molecular complexity index is 574. The Hall–Kier alpha value is -1.53. The molecule has 0 radical (unpaired) electrons. The van der Waals surface area contributed by atoms with Crippen LogP contribution in [0.4, 0.5) is 0 Å². The van der Waals surface area contributed by atoms with Gasteiger partial charge in [-0.25, -0.2) is 4.68 Å². The molecule has 2 rings (SSSR count). The lowest BCUT2D eigenvalue weighted by molar-refractivity contribution is 0.273. The van der Waals surface area contributed by atoms with Crippen molar-refractivity contribution in [2.24, 2.45) is 0 Å². The molecule has 0 spiro atoms. The summed E-state index contributed by atoms with van der Waals surface area (Å²) in [6, 6.07) is 7.10. The Morgan fingerprint density at radius 3 is 2.62 bits per heavy atom. The molecule has 0 saturated heterocycles. The van der Waals surface area contributed by atoms with Gasteiger partial charge in [0.2, 0.25) is 5.88 Å². The topological polar surface area (TPSA) is 78.2 Å². The van der Waals surface area contributed by atoms with Crippen LogP contribution < -0.4 is 5.56 Å². The first kappa shape index (κ1) is 11.0. The van der Waals surface area contributed by atoms with Gasteiger partial charge in [-0.1, -0.05) is 12.1 Å². The Kier molecular flexibility index (Phi) is 2.84. The molecule has 3 N–H and O–H groups in total. The van der Waals surface area contributed by atoms with Crippen LogP contribution in [0.5, 0.6) is 5.88 Å². The van der Waals surface area contributed by atoms with E-state index in [4.69, 9.17) is 5.11 Å². The molecule has 16 heavy (non-hydrogen) atoms. The normalized spacial score (nSPS) is 10.6. The first-order chi connectivity index (χ1) is 7.65. The van der Waals surface area contributed by atoms with Crippen molar-refractivity contribution in [2.75, 3.05) is 0 Å². The first-order valence-electron chi connectivity index (χ1n) is 4.53. The van der Waals surface area contributed by atoms with E-state index in [1.165, 1.54) is 4.68 Å². The fourth-order valence-corrected chi connectivity index (χ4v) is 1.87. The van der Waals surface area contributed by atoms with Crippen molar-refractivity contribution >= 4 is 15.9 Å². The number of hydrogen-bond acceptors (Lipinski definition) is 3. The van der Waals surface area contributed by atoms with Crippen molar-refractivity contribution in [3.05, 3.63) is 44.7 Å². The van der Waals surface area contributed by atoms with Gasteiger partial charge in [0.25, 0.3) is 5.56 Å². The summed E-state index contributed by atoms with van der Waals surface area (Å²) in [4.78, 5) is 11.4. The van der Waals surface area contributed by atoms with Crippen LogP contribution in [0.2, 0.25) is 0 Å². The number of nitrogens with one attached hydrogen (secondary N) is 1. The molecule has 0 aliphatic heterocycles. The largest absolute Gasteiger partial charge is 0.493 e. The summed E-state index contributed by atoms with van der Waals surface area (Å²) in [6.07, 6.45) is 0. The number of nitrogens with zero attached hydrogens (tertiary/aromatic N) is 1. The van der Waals surface area contributed by atoms with Crippen LogP contribution in [0, 0.1) is 0 Å². The molecule has 0 atom stereocenters. The Balaban J connectivity index is 2.66. The zero-order chi connectivity index (χ0) is 11.7. The maximum atomic E-state index is 11.4. The molecular formula is C10H9BrN2O3. The first-order valence-corrected chi connectivity index (χ1v) is 5.33. The summed E-state index contributed by atoms with van der Waals surface area (Å²) in [5.41, 5.74) is 0.0447. The highest BCUT2D eigenvalue weighted by Gasteiger charge is 2.15. The fraction of sp³-hybridized carbons (Fsp3) is 0.100. The zero-order valence-corrected chi connectivity index (χ0v) is 9.73. The minimum absolute atomic E-state index is 0.0456. The molecule has 0 aliphatic carbocycles. The van der Waals surface area contributed by atoms with Crippen LogP contribution in [0.15, 0.2) is 33.5 Å². The third-order valence-electron chi connectivity index (χ3n) is 2.22. The third kappa shape index (κ3) is 1.66. The Morgan fingerprint density at radius 2 is 2.06 bits per heavy atom. The molecule has 84 valence electrons. The zero-order valence-electron chi connectivity index (χ0n) is 8.14. The number of aromatic amines is 1. The van der Waals surface area contributed by atoms with Crippen molar-refractivity contribution in [1.29, 1.82) is 0 Å². The number of hydrogen-bond donors (Lipinski definition) is 3. The van der Waals surface area contributed by atoms with Crippen LogP contribution in [-0.4, -0.2) is 20.0 Å². The molecule has 0 aliphatic rings. The van der Waals surface area contributed by atoms with E-state index < -0.39 is 12.2 Å². The number of benzene rings is 1. The molecular weight excluding hydrogens is 276 g/mol. The predicted molar refractivity (Wildman–Crippen MR) is 61.7 cm³/mol. The van der Waals surface area contributed by atoms with E-state index >= 15 is 0 Å². The van der Waals surface area contributed by atoms with Crippen molar-refractivity contribution in [1.82, 2.24) is 9.78 Å². The van der Waals surface area contributed by atoms with Crippen LogP contribution in [0.25, 0.3) is 5.69 Å². The SMILES string of the molecule is O=c1[nH]n(-c2ccccc2Br)c(O)c1CO. The van der Waals surface area contributed by atoms with E-state index in [1.807, 2.05) is 6.07 Å². The van der Waals surface area contributed by atoms with E-state index in [-0.39, 0.29) is 11.4 Å². The Labute approximate surface area is 99.1 Å². The number of aliphatic hydroxyl groups excluding tert-OH is 1. The van der Waals surface area contributed by atoms with E-state index in [2.05, 4.69) is 21.0 Å². The quantitative estimate of drug-likeness (QED) is 0.774. The molecule has 6 heteroatoms. The second-order valence-corrected chi connectivity index (χ2v) is 4.04. The van der Waals surface area contributed by atoms with Crippen LogP contribution >= 0.6 is 15.9 Å². The van der Waals surface area contributed by atoms with Crippen LogP contribution in [0.3, 0.4) is 0 Å². The summed E-state index contributed by atoms with van der Waals surface area (Å²) < 4.78 is 1.94. The summed E-state index contributed by atoms with van der Waals surface area (Å²) in [6.45, 7) is -0.501. The summed E-state index contributed by atoms with van der Waals surface area (Å²) in [7, 11) is 0. The lowest BCUT2D eigenvalue weighted by atomic mass is 10.3. The van der Waals surface area contributed by atoms with E-state index in [1.54, 1.807) is 18.2 Å². The van der Waals surface area contributed by atoms with E-state index in [0.717, 1.165) is 4.47 Å². The summed E-state index contributed by atoms with van der Waals surface area (Å²) >= 11 is 3.31. The van der Waals surface area contributed by atoms with Crippen molar-refractivity contribution < 1.29 is 10.2 Å². The lowest BCUT2D eigenvalue weighted by Crippen LogP contribution is -2.07. The number of H-pyrrole nitrogens is 1. The Morgan fingerprint density at radius 1 is 1.38 bits per heavy atom. The molecule has 1 heterocycles. The maximum absolute atomic E-state index is 11.4. The molecule has 2 aromatic rings. The molecule has 0 bridgehead atoms. The third-order valence-corrected chi connectivity index (χ3v) is 2.89. The summed E-state index contributed by atoms with van der Waals surface area (Å²) in [5.74, 6) is -0.278. The monoisotopic (exact) mass is 284 g/mol. The number of halogens is 1. The highest BCUT2D eigenvalue weighted by atomic mass is 79.9. The smallest absolute Gasteiger partial charge is 0.273 e. The van der Waals surface area contributed by atoms with E-state index in [0.29, 0.717) is 5.69 Å². The highest BCUT2D eigenvalue weighted by Crippen LogP contribution is 2.24. The van der Waals surface area contributed by atoms with Crippen molar-refractivity contribution in [3.63, 3.8) is 0 Å². The van der Waals surface area contributed by atoms with Gasteiger partial charge in [0, 0.05) is 4.47 Å². The fourth-order valence-electron chi connectivity index (χ4n) is 1.41. The number of aromatic nitrogens is 2. The molecule has 5 nitrogen and oxygen atoms in total. The minimum Gasteiger partial charge on any atom is -0.493 e. The number of para-hydroxylation sites is 1. The van der Waals surface area contributed by atoms with Gasteiger partial charge < -0.3 is 10.2 Å². The number of rotatable bonds is 2. The molecule has 1 aromatic carbocycles. The standard InChI is InChI=1S/C10H9BrN2O3/c11-7-3-1-2-4-8(7)13-10(16)6(5-14)9(15)12-13/h1-4,14,16H,5H2,(H,12,15). The van der Waals surface area contributed by atoms with Gasteiger partial charge in [0.1, 0.15) is 5.56 Å². The van der Waals surface area contributed by atoms with Gasteiger partial charge in [-0.05, 0) is 28.1 Å². The predicted octanol–water partition coefficient (Wildman–Crippen LogP) is 1.13. The van der Waals surface area contributed by atoms with E-state index in [9.17, 15) is 9.90 Å². The average Bonchev–Trinajstić information content (AvgIpc) is 2.55. The molecule has 0 fully saturated rings. The highest BCUT2D eigenvalue weighted by molar-refractivity contribution is 9.10. The maximum Gasteiger partial charge on any atom is 0.273 e. The summed E-state index contributed by atoms with van der Waals surface area (Å²) in [5, 5.41) is 21.1. The van der Waals surface area contributed by atoms with Crippen LogP contribution in [-0.2, 0) is 6.61 Å². The van der Waals surface area contributed by atoms with Gasteiger partial charge in [-0.2, -0.15) is 0 Å². The number of aromatic hydroxyl groups is 1. The van der Waals surface area contributed by atoms with Gasteiger partial charge in [0.05, 0.1) is 12.3 Å².